The molecular weight excluding hydrogens is 368 g/mol. The molecule has 2 atom stereocenters. The van der Waals surface area contributed by atoms with Crippen LogP contribution in [0.25, 0.3) is 0 Å². The summed E-state index contributed by atoms with van der Waals surface area (Å²) in [6, 6.07) is 7.82. The molecule has 158 valence electrons. The molecule has 1 fully saturated rings. The zero-order chi connectivity index (χ0) is 21.6. The minimum Gasteiger partial charge on any atom is -0.444 e. The van der Waals surface area contributed by atoms with Gasteiger partial charge >= 0.3 is 12.2 Å². The number of ether oxygens (including phenoxy) is 2. The molecule has 0 aliphatic carbocycles. The average molecular weight is 401 g/mol. The molecule has 0 bridgehead atoms. The van der Waals surface area contributed by atoms with E-state index < -0.39 is 35.0 Å². The summed E-state index contributed by atoms with van der Waals surface area (Å²) in [5.74, 6) is 0. The molecule has 0 N–H and O–H groups in total. The first-order chi connectivity index (χ1) is 13.4. The van der Waals surface area contributed by atoms with Crippen LogP contribution in [0.2, 0.25) is 0 Å². The number of likely N-dealkylation sites (tertiary alicyclic amines) is 1. The standard InChI is InChI=1S/C23H32N2O4/c1-8-13-23-14-15-24(19(26)28-21(2,3)4)18(23)25(20(27)29-22(5,6)7)17-12-10-9-11-16(17)23/h8-12,18H,1,13-15H2,2-7H3/t18-,23+/m0/s1. The monoisotopic (exact) mass is 400 g/mol. The number of nitrogens with zero attached hydrogens (tertiary/aromatic N) is 2. The number of hydrogen-bond donors (Lipinski definition) is 0. The van der Waals surface area contributed by atoms with E-state index in [1.54, 1.807) is 9.80 Å². The van der Waals surface area contributed by atoms with E-state index >= 15 is 0 Å². The Kier molecular flexibility index (Phi) is 5.18. The van der Waals surface area contributed by atoms with Crippen LogP contribution in [0.4, 0.5) is 15.3 Å². The predicted octanol–water partition coefficient (Wildman–Crippen LogP) is 5.22. The Morgan fingerprint density at radius 3 is 2.28 bits per heavy atom. The summed E-state index contributed by atoms with van der Waals surface area (Å²) in [7, 11) is 0. The van der Waals surface area contributed by atoms with Gasteiger partial charge in [0.2, 0.25) is 0 Å². The van der Waals surface area contributed by atoms with E-state index in [1.807, 2.05) is 71.9 Å². The molecule has 0 spiro atoms. The van der Waals surface area contributed by atoms with Crippen LogP contribution in [-0.4, -0.2) is 41.0 Å². The molecule has 2 heterocycles. The zero-order valence-electron chi connectivity index (χ0n) is 18.3. The highest BCUT2D eigenvalue weighted by Crippen LogP contribution is 2.54. The number of amides is 2. The van der Waals surface area contributed by atoms with Crippen LogP contribution < -0.4 is 4.90 Å². The van der Waals surface area contributed by atoms with E-state index in [0.717, 1.165) is 17.7 Å². The molecule has 1 saturated heterocycles. The molecule has 3 rings (SSSR count). The molecule has 0 unspecified atom stereocenters. The van der Waals surface area contributed by atoms with Gasteiger partial charge in [-0.3, -0.25) is 9.80 Å². The second-order valence-corrected chi connectivity index (χ2v) is 9.81. The van der Waals surface area contributed by atoms with Crippen molar-refractivity contribution in [2.45, 2.75) is 77.2 Å². The lowest BCUT2D eigenvalue weighted by molar-refractivity contribution is 0.0178. The number of benzene rings is 1. The molecule has 6 nitrogen and oxygen atoms in total. The maximum Gasteiger partial charge on any atom is 0.416 e. The molecule has 29 heavy (non-hydrogen) atoms. The molecular formula is C23H32N2O4. The lowest BCUT2D eigenvalue weighted by atomic mass is 9.76. The van der Waals surface area contributed by atoms with E-state index in [1.165, 1.54) is 0 Å². The summed E-state index contributed by atoms with van der Waals surface area (Å²) in [6.45, 7) is 15.5. The third kappa shape index (κ3) is 3.85. The van der Waals surface area contributed by atoms with Gasteiger partial charge in [-0.05, 0) is 66.0 Å². The van der Waals surface area contributed by atoms with Crippen LogP contribution in [-0.2, 0) is 14.9 Å². The fraction of sp³-hybridized carbons (Fsp3) is 0.565. The normalized spacial score (nSPS) is 23.4. The van der Waals surface area contributed by atoms with Crippen molar-refractivity contribution >= 4 is 17.9 Å². The van der Waals surface area contributed by atoms with E-state index in [-0.39, 0.29) is 0 Å². The highest BCUT2D eigenvalue weighted by molar-refractivity contribution is 5.94. The van der Waals surface area contributed by atoms with E-state index in [4.69, 9.17) is 9.47 Å². The Balaban J connectivity index is 2.09. The Bertz CT molecular complexity index is 821. The minimum atomic E-state index is -0.648. The van der Waals surface area contributed by atoms with Gasteiger partial charge in [-0.15, -0.1) is 6.58 Å². The molecule has 2 aliphatic rings. The summed E-state index contributed by atoms with van der Waals surface area (Å²) in [5.41, 5.74) is 0.129. The maximum atomic E-state index is 13.3. The average Bonchev–Trinajstić information content (AvgIpc) is 3.05. The predicted molar refractivity (Wildman–Crippen MR) is 113 cm³/mol. The molecule has 2 aliphatic heterocycles. The van der Waals surface area contributed by atoms with Crippen LogP contribution in [0.5, 0.6) is 0 Å². The van der Waals surface area contributed by atoms with Crippen molar-refractivity contribution in [1.82, 2.24) is 4.90 Å². The third-order valence-corrected chi connectivity index (χ3v) is 5.26. The largest absolute Gasteiger partial charge is 0.444 e. The second-order valence-electron chi connectivity index (χ2n) is 9.81. The van der Waals surface area contributed by atoms with Crippen molar-refractivity contribution in [2.75, 3.05) is 11.4 Å². The summed E-state index contributed by atoms with van der Waals surface area (Å²) in [6.07, 6.45) is 1.83. The number of hydrogen-bond acceptors (Lipinski definition) is 4. The highest BCUT2D eigenvalue weighted by Gasteiger charge is 2.60. The SMILES string of the molecule is C=CC[C@]12CCN(C(=O)OC(C)(C)C)[C@H]1N(C(=O)OC(C)(C)C)c1ccccc12. The maximum absolute atomic E-state index is 13.3. The molecule has 1 aromatic rings. The first-order valence-electron chi connectivity index (χ1n) is 10.1. The van der Waals surface area contributed by atoms with Crippen molar-refractivity contribution in [3.8, 4) is 0 Å². The topological polar surface area (TPSA) is 59.1 Å². The Labute approximate surface area is 173 Å². The van der Waals surface area contributed by atoms with Gasteiger partial charge in [-0.1, -0.05) is 24.3 Å². The summed E-state index contributed by atoms with van der Waals surface area (Å²) < 4.78 is 11.4. The third-order valence-electron chi connectivity index (χ3n) is 5.26. The van der Waals surface area contributed by atoms with Crippen molar-refractivity contribution in [3.63, 3.8) is 0 Å². The zero-order valence-corrected chi connectivity index (χ0v) is 18.3. The van der Waals surface area contributed by atoms with Gasteiger partial charge in [0.15, 0.2) is 0 Å². The number of allylic oxidation sites excluding steroid dienone is 1. The smallest absolute Gasteiger partial charge is 0.416 e. The lowest BCUT2D eigenvalue weighted by Gasteiger charge is -2.37. The molecule has 6 heteroatoms. The number of carbonyl (C=O) groups is 2. The molecule has 1 aromatic carbocycles. The van der Waals surface area contributed by atoms with Crippen LogP contribution in [0.15, 0.2) is 36.9 Å². The Morgan fingerprint density at radius 2 is 1.69 bits per heavy atom. The van der Waals surface area contributed by atoms with Crippen molar-refractivity contribution in [1.29, 1.82) is 0 Å². The van der Waals surface area contributed by atoms with E-state index in [2.05, 4.69) is 6.58 Å². The first-order valence-corrected chi connectivity index (χ1v) is 10.1. The van der Waals surface area contributed by atoms with Gasteiger partial charge in [0.1, 0.15) is 17.4 Å². The summed E-state index contributed by atoms with van der Waals surface area (Å²) >= 11 is 0. The minimum absolute atomic E-state index is 0.421. The molecule has 0 aromatic heterocycles. The Morgan fingerprint density at radius 1 is 1.10 bits per heavy atom. The van der Waals surface area contributed by atoms with Gasteiger partial charge in [0, 0.05) is 12.0 Å². The summed E-state index contributed by atoms with van der Waals surface area (Å²) in [4.78, 5) is 29.6. The van der Waals surface area contributed by atoms with E-state index in [9.17, 15) is 9.59 Å². The first kappa shape index (κ1) is 21.2. The van der Waals surface area contributed by atoms with Gasteiger partial charge < -0.3 is 9.47 Å². The highest BCUT2D eigenvalue weighted by atomic mass is 16.6. The quantitative estimate of drug-likeness (QED) is 0.639. The number of rotatable bonds is 2. The fourth-order valence-corrected chi connectivity index (χ4v) is 4.36. The Hall–Kier alpha value is -2.50. The molecule has 0 saturated carbocycles. The van der Waals surface area contributed by atoms with Crippen LogP contribution >= 0.6 is 0 Å². The second kappa shape index (κ2) is 7.08. The van der Waals surface area contributed by atoms with Crippen molar-refractivity contribution in [2.24, 2.45) is 0 Å². The van der Waals surface area contributed by atoms with Crippen molar-refractivity contribution in [3.05, 3.63) is 42.5 Å². The number of anilines is 1. The molecule has 0 radical (unpaired) electrons. The van der Waals surface area contributed by atoms with Gasteiger partial charge in [0.05, 0.1) is 5.69 Å². The van der Waals surface area contributed by atoms with E-state index in [0.29, 0.717) is 13.0 Å². The van der Waals surface area contributed by atoms with Gasteiger partial charge in [-0.2, -0.15) is 0 Å². The van der Waals surface area contributed by atoms with Crippen molar-refractivity contribution < 1.29 is 19.1 Å². The number of para-hydroxylation sites is 1. The van der Waals surface area contributed by atoms with Gasteiger partial charge in [0.25, 0.3) is 0 Å². The van der Waals surface area contributed by atoms with Gasteiger partial charge in [-0.25, -0.2) is 9.59 Å². The summed E-state index contributed by atoms with van der Waals surface area (Å²) in [5, 5.41) is 0. The fourth-order valence-electron chi connectivity index (χ4n) is 4.36. The number of carbonyl (C=O) groups excluding carboxylic acids is 2. The van der Waals surface area contributed by atoms with Crippen LogP contribution in [0.3, 0.4) is 0 Å². The number of fused-ring (bicyclic) bond motifs is 3. The lowest BCUT2D eigenvalue weighted by Crippen LogP contribution is -2.55. The molecule has 2 amide bonds. The van der Waals surface area contributed by atoms with Crippen LogP contribution in [0.1, 0.15) is 59.9 Å². The van der Waals surface area contributed by atoms with Crippen LogP contribution in [0, 0.1) is 0 Å².